The van der Waals surface area contributed by atoms with Crippen molar-refractivity contribution in [1.82, 2.24) is 49.8 Å². The molecule has 3 N–H and O–H groups in total. The van der Waals surface area contributed by atoms with Gasteiger partial charge in [-0.1, -0.05) is 36.4 Å². The molecule has 4 aromatic carbocycles. The molecule has 0 saturated carbocycles. The van der Waals surface area contributed by atoms with Crippen LogP contribution in [0, 0.1) is 0 Å². The molecule has 8 aromatic rings. The van der Waals surface area contributed by atoms with Gasteiger partial charge in [0, 0.05) is 181 Å². The van der Waals surface area contributed by atoms with Crippen molar-refractivity contribution in [1.29, 1.82) is 0 Å². The van der Waals surface area contributed by atoms with Gasteiger partial charge in [-0.25, -0.2) is 0 Å². The van der Waals surface area contributed by atoms with Gasteiger partial charge in [-0.05, 0) is 143 Å². The van der Waals surface area contributed by atoms with Gasteiger partial charge in [-0.3, -0.25) is 62.9 Å². The van der Waals surface area contributed by atoms with Crippen molar-refractivity contribution < 1.29 is 112 Å². The summed E-state index contributed by atoms with van der Waals surface area (Å²) in [7, 11) is 0. The first-order chi connectivity index (χ1) is 46.8. The Bertz CT molecular complexity index is 4140. The maximum atomic E-state index is 13.3. The number of hydrogen-bond acceptors (Lipinski definition) is 12. The number of nitrogens with one attached hydrogen (secondary N) is 3. The number of aromatic amines is 1. The number of aromatic nitrogens is 4. The van der Waals surface area contributed by atoms with E-state index in [0.29, 0.717) is 50.3 Å². The molecule has 0 aliphatic carbocycles. The topological polar surface area (TPSA) is 186 Å². The van der Waals surface area contributed by atoms with Gasteiger partial charge < -0.3 is 17.0 Å². The second-order valence-electron chi connectivity index (χ2n) is 24.6. The molecule has 0 unspecified atom stereocenters. The molecule has 8 heterocycles. The Morgan fingerprint density at radius 1 is 0.520 bits per heavy atom. The summed E-state index contributed by atoms with van der Waals surface area (Å²) in [5.74, 6) is -7.09. The van der Waals surface area contributed by atoms with Crippen LogP contribution in [0.4, 0.5) is 52.7 Å². The van der Waals surface area contributed by atoms with Crippen molar-refractivity contribution in [2.24, 2.45) is 0 Å². The van der Waals surface area contributed by atoms with E-state index in [0.717, 1.165) is 158 Å². The number of likely N-dealkylation sites (tertiary alicyclic amines) is 2. The van der Waals surface area contributed by atoms with E-state index in [1.807, 2.05) is 54.9 Å². The van der Waals surface area contributed by atoms with E-state index >= 15 is 0 Å². The maximum absolute atomic E-state index is 13.3. The van der Waals surface area contributed by atoms with Crippen LogP contribution in [-0.2, 0) is 78.8 Å². The van der Waals surface area contributed by atoms with E-state index < -0.39 is 47.4 Å². The summed E-state index contributed by atoms with van der Waals surface area (Å²) in [6, 6.07) is 30.3. The first kappa shape index (κ1) is 77.9. The Balaban J connectivity index is 0.000000230. The van der Waals surface area contributed by atoms with Crippen LogP contribution in [-0.4, -0.2) is 137 Å². The number of carbonyl (C=O) groups excluding carboxylic acids is 6. The van der Waals surface area contributed by atoms with Crippen molar-refractivity contribution in [2.75, 3.05) is 39.3 Å². The number of pyridine rings is 2. The molecule has 2 amide bonds. The first-order valence-corrected chi connectivity index (χ1v) is 32.0. The molecule has 4 aliphatic heterocycles. The summed E-state index contributed by atoms with van der Waals surface area (Å²) in [6.45, 7) is 12.0. The number of rotatable bonds is 13. The van der Waals surface area contributed by atoms with Gasteiger partial charge in [0.2, 0.25) is 11.1 Å². The van der Waals surface area contributed by atoms with Crippen LogP contribution in [0.5, 0.6) is 0 Å². The minimum atomic E-state index is -5.77. The fraction of sp³-hybridized carbons (Fsp3) is 0.371. The van der Waals surface area contributed by atoms with Crippen LogP contribution in [0.3, 0.4) is 0 Å². The number of hydrogen-bond donors (Lipinski definition) is 3. The van der Waals surface area contributed by atoms with Crippen LogP contribution >= 0.6 is 11.6 Å². The number of ketones is 2. The Labute approximate surface area is 595 Å². The number of amides is 2. The minimum absolute atomic E-state index is 0. The Morgan fingerprint density at radius 3 is 1.34 bits per heavy atom. The number of nitrogens with zero attached hydrogens (tertiary/aromatic N) is 7. The van der Waals surface area contributed by atoms with Crippen molar-refractivity contribution in [2.45, 2.75) is 128 Å². The van der Waals surface area contributed by atoms with Crippen LogP contribution < -0.4 is 40.2 Å². The smallest absolute Gasteiger partial charge is 1.00 e. The van der Waals surface area contributed by atoms with Crippen molar-refractivity contribution in [3.05, 3.63) is 201 Å². The van der Waals surface area contributed by atoms with E-state index in [9.17, 15) is 81.5 Å². The van der Waals surface area contributed by atoms with Crippen molar-refractivity contribution >= 4 is 67.9 Å². The zero-order chi connectivity index (χ0) is 71.6. The van der Waals surface area contributed by atoms with Gasteiger partial charge in [0.15, 0.2) is 0 Å². The minimum Gasteiger partial charge on any atom is -1.00 e. The summed E-state index contributed by atoms with van der Waals surface area (Å²) >= 11 is 4.64. The molecule has 4 aliphatic rings. The van der Waals surface area contributed by atoms with Crippen LogP contribution in [0.2, 0.25) is 0 Å². The summed E-state index contributed by atoms with van der Waals surface area (Å²) in [6.07, 6.45) is -7.90. The Morgan fingerprint density at radius 2 is 0.930 bits per heavy atom. The quantitative estimate of drug-likeness (QED) is 0.0430. The average molecular weight is 1430 g/mol. The van der Waals surface area contributed by atoms with Gasteiger partial charge in [-0.2, -0.15) is 52.7 Å². The number of benzene rings is 4. The van der Waals surface area contributed by atoms with Crippen molar-refractivity contribution in [3.63, 3.8) is 0 Å². The number of carbonyl (C=O) groups is 6. The second-order valence-corrected chi connectivity index (χ2v) is 25.1. The molecule has 2 saturated heterocycles. The molecule has 0 radical (unpaired) electrons. The normalized spacial score (nSPS) is 15.9. The van der Waals surface area contributed by atoms with Gasteiger partial charge in [0.05, 0.1) is 16.6 Å². The fourth-order valence-corrected chi connectivity index (χ4v) is 12.5. The number of piperidine rings is 2. The largest absolute Gasteiger partial charge is 1.00 e. The van der Waals surface area contributed by atoms with E-state index in [-0.39, 0.29) is 66.0 Å². The third-order valence-corrected chi connectivity index (χ3v) is 17.3. The Hall–Kier alpha value is -7.83. The molecule has 16 nitrogen and oxygen atoms in total. The average Bonchev–Trinajstić information content (AvgIpc) is 1.60. The third kappa shape index (κ3) is 21.1. The molecular weight excluding hydrogens is 1360 g/mol. The van der Waals surface area contributed by atoms with E-state index in [1.54, 1.807) is 35.2 Å². The summed E-state index contributed by atoms with van der Waals surface area (Å²) in [4.78, 5) is 88.7. The fourth-order valence-electron chi connectivity index (χ4n) is 12.5. The van der Waals surface area contributed by atoms with Gasteiger partial charge in [-0.15, -0.1) is 0 Å². The van der Waals surface area contributed by atoms with E-state index in [4.69, 9.17) is 0 Å². The maximum Gasteiger partial charge on any atom is 1.00 e. The molecule has 30 heteroatoms. The molecule has 100 heavy (non-hydrogen) atoms. The van der Waals surface area contributed by atoms with Gasteiger partial charge in [0.25, 0.3) is 11.8 Å². The summed E-state index contributed by atoms with van der Waals surface area (Å²) in [5, 5.41) is 7.98. The van der Waals surface area contributed by atoms with Crippen molar-refractivity contribution in [3.8, 4) is 0 Å². The number of alkyl halides is 12. The second kappa shape index (κ2) is 33.8. The van der Waals surface area contributed by atoms with Crippen LogP contribution in [0.25, 0.3) is 21.8 Å². The Kier molecular flexibility index (Phi) is 26.3. The number of fused-ring (bicyclic) bond motifs is 6. The zero-order valence-electron chi connectivity index (χ0n) is 55.6. The SMILES string of the molecule is CC(=O)Cl.CC(=O)n1c2c(c3cc(C(=O)NC4CCN(Cc5cccnc5)CC4)ccc31)CN(Cc1ccc(C(F)(F)F)cc1)CC2.O=C(C(=O)C(F)(F)F)C(F)(F)F.O=C(NC1CCN(Cc2cccnc2)CC1)c1ccc2[nH]c3c(c2c1)CN(Cc1ccc(C(F)(F)F)cc1)CC3.[H-].[Na+]. The predicted molar refractivity (Wildman–Crippen MR) is 345 cm³/mol. The van der Waals surface area contributed by atoms with E-state index in [2.05, 4.69) is 68.9 Å². The molecule has 0 spiro atoms. The summed E-state index contributed by atoms with van der Waals surface area (Å²) < 4.78 is 146. The molecule has 2 fully saturated rings. The zero-order valence-corrected chi connectivity index (χ0v) is 57.3. The predicted octanol–water partition coefficient (Wildman–Crippen LogP) is 10.3. The molecule has 4 aromatic heterocycles. The van der Waals surface area contributed by atoms with Gasteiger partial charge in [0.1, 0.15) is 0 Å². The van der Waals surface area contributed by atoms with E-state index in [1.165, 1.54) is 37.1 Å². The molecule has 12 rings (SSSR count). The standard InChI is InChI=1S/C33H34F3N5O2.C31H32F3N5O.C4F6O2.C2H3ClO.Na.H/c1-22(42)41-30-9-6-25(32(43)38-27-10-14-39(15-11-27)20-24-3-2-13-37-18-24)17-28(30)29-21-40(16-12-31(29)41)19-23-4-7-26(8-5-23)33(34,35)36;32-31(33,34)24-6-3-21(4-7-24)18-39-15-11-29-27(20-39)26-16-23(5-8-28(26)37-29)30(40)36-25-9-13-38(14-10-25)19-22-2-1-12-35-17-22;5-3(6,7)1(11)2(12)4(8,9)10;1-2(3)4;;/h2-9,13,17-18,27H,10-12,14-16,19-21H2,1H3,(H,38,43);1-8,12,16-17,25,37H,9-11,13-15,18-20H2,(H,36,40);;1H3;;/q;;;;+1;-1. The molecule has 528 valence electrons. The summed E-state index contributed by atoms with van der Waals surface area (Å²) in [5.41, 5.74) is 9.94. The molecule has 0 bridgehead atoms. The first-order valence-electron chi connectivity index (χ1n) is 31.6. The van der Waals surface area contributed by atoms with Crippen LogP contribution in [0.15, 0.2) is 134 Å². The van der Waals surface area contributed by atoms with Gasteiger partial charge >= 0.3 is 65.8 Å². The van der Waals surface area contributed by atoms with Crippen LogP contribution in [0.1, 0.15) is 122 Å². The number of Topliss-reactive ketones (excluding diaryl/α,β-unsaturated/α-hetero) is 2. The molecule has 0 atom stereocenters. The third-order valence-electron chi connectivity index (χ3n) is 17.3. The number of halogens is 13. The number of H-pyrrole nitrogens is 1. The monoisotopic (exact) mass is 1430 g/mol. The molecular formula is C70H70ClF12N10NaO6.